The van der Waals surface area contributed by atoms with Gasteiger partial charge in [-0.25, -0.2) is 8.42 Å². The average molecular weight is 335 g/mol. The lowest BCUT2D eigenvalue weighted by Gasteiger charge is -2.36. The molecule has 2 bridgehead atoms. The number of fused-ring (bicyclic) bond motifs is 2. The Labute approximate surface area is 138 Å². The minimum atomic E-state index is -3.57. The zero-order valence-electron chi connectivity index (χ0n) is 14.3. The Morgan fingerprint density at radius 1 is 1.22 bits per heavy atom. The zero-order valence-corrected chi connectivity index (χ0v) is 15.1. The van der Waals surface area contributed by atoms with Gasteiger partial charge in [0.15, 0.2) is 0 Å². The minimum Gasteiger partial charge on any atom is -0.299 e. The molecule has 0 aromatic heterocycles. The molecule has 0 spiro atoms. The number of hydrogen-bond acceptors (Lipinski definition) is 3. The second-order valence-electron chi connectivity index (χ2n) is 7.83. The molecule has 0 saturated heterocycles. The molecule has 1 aromatic rings. The van der Waals surface area contributed by atoms with Gasteiger partial charge >= 0.3 is 0 Å². The van der Waals surface area contributed by atoms with Gasteiger partial charge < -0.3 is 0 Å². The highest BCUT2D eigenvalue weighted by Gasteiger charge is 2.65. The molecule has 2 aliphatic rings. The summed E-state index contributed by atoms with van der Waals surface area (Å²) in [6.45, 7) is 8.06. The normalized spacial score (nSPS) is 29.0. The molecule has 5 heteroatoms. The van der Waals surface area contributed by atoms with Gasteiger partial charge in [-0.2, -0.15) is 0 Å². The fourth-order valence-electron chi connectivity index (χ4n) is 4.45. The molecule has 1 N–H and O–H groups in total. The molecule has 2 aliphatic carbocycles. The molecule has 3 rings (SSSR count). The van der Waals surface area contributed by atoms with E-state index >= 15 is 0 Å². The minimum absolute atomic E-state index is 0.102. The van der Waals surface area contributed by atoms with E-state index in [0.29, 0.717) is 24.4 Å². The lowest BCUT2D eigenvalue weighted by atomic mass is 9.70. The van der Waals surface area contributed by atoms with E-state index in [1.54, 1.807) is 6.07 Å². The van der Waals surface area contributed by atoms with E-state index in [1.165, 1.54) is 0 Å². The Bertz CT molecular complexity index is 766. The molecule has 0 aliphatic heterocycles. The summed E-state index contributed by atoms with van der Waals surface area (Å²) in [4.78, 5) is 12.5. The first kappa shape index (κ1) is 16.5. The zero-order chi connectivity index (χ0) is 17.0. The smallest absolute Gasteiger partial charge is 0.233 e. The number of nitrogens with one attached hydrogen (secondary N) is 1. The van der Waals surface area contributed by atoms with Gasteiger partial charge in [0.25, 0.3) is 0 Å². The number of benzene rings is 1. The van der Waals surface area contributed by atoms with Crippen LogP contribution in [0.1, 0.15) is 44.2 Å². The lowest BCUT2D eigenvalue weighted by Crippen LogP contribution is -2.43. The van der Waals surface area contributed by atoms with Crippen molar-refractivity contribution in [3.63, 3.8) is 0 Å². The summed E-state index contributed by atoms with van der Waals surface area (Å²) in [5, 5.41) is 0. The van der Waals surface area contributed by atoms with Gasteiger partial charge in [0.2, 0.25) is 10.0 Å². The molecule has 23 heavy (non-hydrogen) atoms. The number of rotatable bonds is 4. The molecule has 2 atom stereocenters. The predicted molar refractivity (Wildman–Crippen MR) is 91.9 cm³/mol. The second-order valence-corrected chi connectivity index (χ2v) is 9.55. The van der Waals surface area contributed by atoms with Crippen molar-refractivity contribution < 1.29 is 13.2 Å². The van der Waals surface area contributed by atoms with Crippen LogP contribution in [0.25, 0.3) is 0 Å². The number of sulfonamides is 1. The van der Waals surface area contributed by atoms with Crippen LogP contribution in [0.3, 0.4) is 0 Å². The van der Waals surface area contributed by atoms with Gasteiger partial charge in [0.05, 0.1) is 11.2 Å². The van der Waals surface area contributed by atoms with Crippen LogP contribution in [0, 0.1) is 30.6 Å². The molecule has 0 unspecified atom stereocenters. The van der Waals surface area contributed by atoms with Gasteiger partial charge in [-0.15, -0.1) is 0 Å². The van der Waals surface area contributed by atoms with Crippen molar-refractivity contribution >= 4 is 21.5 Å². The van der Waals surface area contributed by atoms with Gasteiger partial charge in [0.1, 0.15) is 5.78 Å². The molecule has 2 fully saturated rings. The van der Waals surface area contributed by atoms with E-state index in [4.69, 9.17) is 0 Å². The Balaban J connectivity index is 1.86. The van der Waals surface area contributed by atoms with Crippen molar-refractivity contribution in [2.75, 3.05) is 10.5 Å². The van der Waals surface area contributed by atoms with Crippen molar-refractivity contribution in [3.8, 4) is 0 Å². The van der Waals surface area contributed by atoms with Crippen LogP contribution in [-0.4, -0.2) is 20.0 Å². The second kappa shape index (κ2) is 5.07. The fourth-order valence-corrected chi connectivity index (χ4v) is 6.34. The van der Waals surface area contributed by atoms with Crippen LogP contribution < -0.4 is 4.72 Å². The average Bonchev–Trinajstić information content (AvgIpc) is 2.76. The SMILES string of the molecule is Cc1ccc(NS(=O)(=O)C[C@@]23CC[C@H](CC2=O)C3(C)C)cc1C. The Morgan fingerprint density at radius 3 is 2.43 bits per heavy atom. The molecule has 1 aromatic carbocycles. The van der Waals surface area contributed by atoms with E-state index in [0.717, 1.165) is 17.5 Å². The van der Waals surface area contributed by atoms with Gasteiger partial charge in [-0.3, -0.25) is 9.52 Å². The number of anilines is 1. The summed E-state index contributed by atoms with van der Waals surface area (Å²) in [5.74, 6) is 0.353. The maximum absolute atomic E-state index is 12.7. The summed E-state index contributed by atoms with van der Waals surface area (Å²) in [7, 11) is -3.57. The van der Waals surface area contributed by atoms with Crippen LogP contribution in [0.4, 0.5) is 5.69 Å². The van der Waals surface area contributed by atoms with Crippen LogP contribution in [0.5, 0.6) is 0 Å². The van der Waals surface area contributed by atoms with E-state index in [9.17, 15) is 13.2 Å². The molecule has 0 amide bonds. The standard InChI is InChI=1S/C18H25NO3S/c1-12-5-6-15(9-13(12)2)19-23(21,22)11-18-8-7-14(10-16(18)20)17(18,3)4/h5-6,9,14,19H,7-8,10-11H2,1-4H3/t14-,18+/m1/s1. The monoisotopic (exact) mass is 335 g/mol. The van der Waals surface area contributed by atoms with Crippen LogP contribution in [-0.2, 0) is 14.8 Å². The van der Waals surface area contributed by atoms with Crippen molar-refractivity contribution in [1.29, 1.82) is 0 Å². The van der Waals surface area contributed by atoms with Crippen LogP contribution >= 0.6 is 0 Å². The third-order valence-corrected chi connectivity index (χ3v) is 7.78. The number of Topliss-reactive ketones (excluding diaryl/α,β-unsaturated/α-hetero) is 1. The number of carbonyl (C=O) groups excluding carboxylic acids is 1. The Morgan fingerprint density at radius 2 is 1.91 bits per heavy atom. The summed E-state index contributed by atoms with van der Waals surface area (Å²) >= 11 is 0. The van der Waals surface area contributed by atoms with Crippen LogP contribution in [0.2, 0.25) is 0 Å². The molecule has 0 heterocycles. The first-order valence-electron chi connectivity index (χ1n) is 8.18. The summed E-state index contributed by atoms with van der Waals surface area (Å²) in [6, 6.07) is 5.52. The number of hydrogen-bond donors (Lipinski definition) is 1. The highest BCUT2D eigenvalue weighted by Crippen LogP contribution is 2.64. The van der Waals surface area contributed by atoms with E-state index < -0.39 is 15.4 Å². The van der Waals surface area contributed by atoms with Gasteiger partial charge in [0, 0.05) is 12.1 Å². The maximum Gasteiger partial charge on any atom is 0.233 e. The summed E-state index contributed by atoms with van der Waals surface area (Å²) in [5.41, 5.74) is 1.78. The first-order valence-corrected chi connectivity index (χ1v) is 9.84. The third-order valence-electron chi connectivity index (χ3n) is 6.36. The Hall–Kier alpha value is -1.36. The number of ketones is 1. The van der Waals surface area contributed by atoms with E-state index in [1.807, 2.05) is 26.0 Å². The number of carbonyl (C=O) groups is 1. The largest absolute Gasteiger partial charge is 0.299 e. The molecule has 0 radical (unpaired) electrons. The molecule has 2 saturated carbocycles. The summed E-state index contributed by atoms with van der Waals surface area (Å²) in [6.07, 6.45) is 2.18. The Kier molecular flexibility index (Phi) is 3.63. The van der Waals surface area contributed by atoms with Gasteiger partial charge in [-0.05, 0) is 61.3 Å². The molecule has 4 nitrogen and oxygen atoms in total. The first-order chi connectivity index (χ1) is 10.6. The molecular weight excluding hydrogens is 310 g/mol. The molecule has 126 valence electrons. The highest BCUT2D eigenvalue weighted by atomic mass is 32.2. The van der Waals surface area contributed by atoms with Crippen molar-refractivity contribution in [3.05, 3.63) is 29.3 Å². The summed E-state index contributed by atoms with van der Waals surface area (Å²) < 4.78 is 28.1. The highest BCUT2D eigenvalue weighted by molar-refractivity contribution is 7.92. The third kappa shape index (κ3) is 2.49. The quantitative estimate of drug-likeness (QED) is 0.917. The predicted octanol–water partition coefficient (Wildman–Crippen LogP) is 3.44. The maximum atomic E-state index is 12.7. The van der Waals surface area contributed by atoms with E-state index in [2.05, 4.69) is 18.6 Å². The number of aryl methyl sites for hydroxylation is 2. The van der Waals surface area contributed by atoms with Crippen molar-refractivity contribution in [2.24, 2.45) is 16.7 Å². The topological polar surface area (TPSA) is 63.2 Å². The lowest BCUT2D eigenvalue weighted by molar-refractivity contribution is -0.128. The van der Waals surface area contributed by atoms with Crippen molar-refractivity contribution in [2.45, 2.75) is 47.0 Å². The fraction of sp³-hybridized carbons (Fsp3) is 0.611. The van der Waals surface area contributed by atoms with Crippen molar-refractivity contribution in [1.82, 2.24) is 0 Å². The molecular formula is C18H25NO3S. The van der Waals surface area contributed by atoms with E-state index in [-0.39, 0.29) is 17.0 Å². The van der Waals surface area contributed by atoms with Gasteiger partial charge in [-0.1, -0.05) is 19.9 Å². The van der Waals surface area contributed by atoms with Crippen LogP contribution in [0.15, 0.2) is 18.2 Å².